The average molecular weight is 1410 g/mol. The van der Waals surface area contributed by atoms with Gasteiger partial charge in [-0.1, -0.05) is 343 Å². The first-order chi connectivity index (χ1) is 52.9. The van der Waals surface area contributed by atoms with Gasteiger partial charge in [0.15, 0.2) is 0 Å². The van der Waals surface area contributed by atoms with Gasteiger partial charge < -0.3 is 9.80 Å². The summed E-state index contributed by atoms with van der Waals surface area (Å²) in [6, 6.07) is 98.0. The molecule has 2 nitrogen and oxygen atoms in total. The van der Waals surface area contributed by atoms with E-state index in [1.165, 1.54) is 237 Å². The van der Waals surface area contributed by atoms with Gasteiger partial charge >= 0.3 is 0 Å². The Hall–Kier alpha value is -10.5. The van der Waals surface area contributed by atoms with E-state index in [4.69, 9.17) is 0 Å². The maximum atomic E-state index is 2.84. The SMILES string of the molecule is CC(C)(C)C1=CC2=CC(c3ccc4c(c3)N(c3c(-c5ccccc5)cc(C5CCCCC5)cc3-c3ccccc3)c3cc(-c5ccc(C(C)(C)C)cc5)cc5c3B4c3cc(-c4ccccc4)ccc3N5c3c(-c4ccccc4)cc(C4CCCCC4)cc3-c3ccccc3)=C3C=C(C(C)(C)C)CC4C=CC(=C1)C2C34. The fourth-order valence-corrected chi connectivity index (χ4v) is 20.3. The summed E-state index contributed by atoms with van der Waals surface area (Å²) < 4.78 is 0. The van der Waals surface area contributed by atoms with Crippen LogP contribution >= 0.6 is 0 Å². The molecule has 0 N–H and O–H groups in total. The smallest absolute Gasteiger partial charge is 0.252 e. The molecule has 0 bridgehead atoms. The van der Waals surface area contributed by atoms with E-state index in [-0.39, 0.29) is 23.0 Å². The summed E-state index contributed by atoms with van der Waals surface area (Å²) in [6.45, 7) is 21.3. The maximum absolute atomic E-state index is 2.84. The molecule has 11 aromatic rings. The summed E-state index contributed by atoms with van der Waals surface area (Å²) >= 11 is 0. The van der Waals surface area contributed by atoms with Crippen molar-refractivity contribution in [3.8, 4) is 66.8 Å². The highest BCUT2D eigenvalue weighted by atomic mass is 15.2. The van der Waals surface area contributed by atoms with Crippen LogP contribution in [0.1, 0.15) is 167 Å². The van der Waals surface area contributed by atoms with Crippen molar-refractivity contribution in [2.24, 2.45) is 28.6 Å². The molecule has 6 aliphatic carbocycles. The van der Waals surface area contributed by atoms with Crippen molar-refractivity contribution in [2.45, 2.75) is 150 Å². The molecule has 109 heavy (non-hydrogen) atoms. The number of fused-ring (bicyclic) bond motifs is 4. The summed E-state index contributed by atoms with van der Waals surface area (Å²) in [4.78, 5) is 5.62. The van der Waals surface area contributed by atoms with E-state index in [0.29, 0.717) is 29.6 Å². The summed E-state index contributed by atoms with van der Waals surface area (Å²) in [5, 5.41) is 0. The fourth-order valence-electron chi connectivity index (χ4n) is 20.3. The van der Waals surface area contributed by atoms with Gasteiger partial charge in [-0.15, -0.1) is 0 Å². The Bertz CT molecular complexity index is 5450. The summed E-state index contributed by atoms with van der Waals surface area (Å²) in [7, 11) is 0. The first kappa shape index (κ1) is 69.0. The van der Waals surface area contributed by atoms with Gasteiger partial charge in [0.2, 0.25) is 0 Å². The van der Waals surface area contributed by atoms with Gasteiger partial charge in [0.05, 0.1) is 11.4 Å². The molecule has 0 radical (unpaired) electrons. The zero-order chi connectivity index (χ0) is 74.0. The Labute approximate surface area is 649 Å². The van der Waals surface area contributed by atoms with E-state index in [1.807, 2.05) is 0 Å². The molecule has 538 valence electrons. The second-order valence-electron chi connectivity index (χ2n) is 36.0. The second kappa shape index (κ2) is 27.3. The average Bonchev–Trinajstić information content (AvgIpc) is 0.675. The van der Waals surface area contributed by atoms with Crippen LogP contribution in [0.15, 0.2) is 313 Å². The van der Waals surface area contributed by atoms with E-state index in [0.717, 1.165) is 6.42 Å². The molecular weight excluding hydrogens is 1310 g/mol. The van der Waals surface area contributed by atoms with Gasteiger partial charge in [0.25, 0.3) is 6.71 Å². The Morgan fingerprint density at radius 1 is 0.349 bits per heavy atom. The lowest BCUT2D eigenvalue weighted by molar-refractivity contribution is 0.329. The van der Waals surface area contributed by atoms with Crippen molar-refractivity contribution in [1.29, 1.82) is 0 Å². The first-order valence-corrected chi connectivity index (χ1v) is 41.0. The molecule has 3 atom stereocenters. The minimum absolute atomic E-state index is 0.00475. The zero-order valence-electron chi connectivity index (χ0n) is 65.3. The topological polar surface area (TPSA) is 6.48 Å². The standard InChI is InChI=1S/C106H101BN2/c1-104(2,3)84-51-47-71(48-52-84)82-65-97-101-98(66-82)109(103-90(74-41-27-15-28-42-74)60-81(70-35-21-12-22-36-70)61-91(103)75-43-29-16-30-44-75)96-64-77(87-62-83-57-85(105(4,5)6)55-78-45-46-79-56-86(106(7,8)9)67-92(87)100(79)99(78)83)49-53-93(96)107(101)94-63-76(68-31-17-10-18-32-68)50-54-95(94)108(97)102-88(72-37-23-13-24-38-72)58-80(69-33-19-11-20-34-69)59-89(102)73-39-25-14-26-40-73/h10,13-18,23-32,37-55,57-67,69-70,79,99-100H,11-12,19-22,33-36,56H2,1-9H3. The minimum atomic E-state index is -0.203. The van der Waals surface area contributed by atoms with Crippen molar-refractivity contribution in [3.63, 3.8) is 0 Å². The van der Waals surface area contributed by atoms with Crippen LogP contribution in [-0.2, 0) is 5.41 Å². The van der Waals surface area contributed by atoms with E-state index in [9.17, 15) is 0 Å². The molecule has 2 fully saturated rings. The molecule has 3 unspecified atom stereocenters. The molecule has 0 aromatic heterocycles. The summed E-state index contributed by atoms with van der Waals surface area (Å²) in [6.07, 6.45) is 29.1. The second-order valence-corrected chi connectivity index (χ2v) is 36.0. The summed E-state index contributed by atoms with van der Waals surface area (Å²) in [5.74, 6) is 1.91. The summed E-state index contributed by atoms with van der Waals surface area (Å²) in [5.41, 5.74) is 40.0. The maximum Gasteiger partial charge on any atom is 0.252 e. The van der Waals surface area contributed by atoms with Crippen molar-refractivity contribution >= 4 is 62.8 Å². The molecule has 0 amide bonds. The highest BCUT2D eigenvalue weighted by molar-refractivity contribution is 7.00. The molecule has 0 spiro atoms. The number of anilines is 6. The third-order valence-electron chi connectivity index (χ3n) is 26.1. The normalized spacial score (nSPS) is 18.9. The van der Waals surface area contributed by atoms with Crippen molar-refractivity contribution in [2.75, 3.05) is 9.80 Å². The number of allylic oxidation sites excluding steroid dienone is 12. The van der Waals surface area contributed by atoms with Crippen molar-refractivity contribution < 1.29 is 0 Å². The fraction of sp³-hybridized carbons (Fsp3) is 0.264. The lowest BCUT2D eigenvalue weighted by Gasteiger charge is -2.48. The molecule has 19 rings (SSSR count). The van der Waals surface area contributed by atoms with Crippen LogP contribution in [0.3, 0.4) is 0 Å². The van der Waals surface area contributed by atoms with Crippen LogP contribution in [0.4, 0.5) is 34.1 Å². The lowest BCUT2D eigenvalue weighted by Crippen LogP contribution is -2.61. The third kappa shape index (κ3) is 12.3. The van der Waals surface area contributed by atoms with Gasteiger partial charge in [-0.25, -0.2) is 0 Å². The molecule has 2 saturated carbocycles. The Morgan fingerprint density at radius 3 is 1.29 bits per heavy atom. The quantitative estimate of drug-likeness (QED) is 0.119. The predicted octanol–water partition coefficient (Wildman–Crippen LogP) is 27.6. The van der Waals surface area contributed by atoms with E-state index in [1.54, 1.807) is 0 Å². The van der Waals surface area contributed by atoms with Gasteiger partial charge in [-0.3, -0.25) is 0 Å². The van der Waals surface area contributed by atoms with Crippen LogP contribution < -0.4 is 26.2 Å². The van der Waals surface area contributed by atoms with E-state index >= 15 is 0 Å². The molecule has 8 aliphatic rings. The first-order valence-electron chi connectivity index (χ1n) is 41.0. The number of benzene rings is 11. The number of nitrogens with zero attached hydrogens (tertiary/aromatic N) is 2. The highest BCUT2D eigenvalue weighted by Crippen LogP contribution is 2.60. The molecule has 2 aliphatic heterocycles. The van der Waals surface area contributed by atoms with Crippen LogP contribution in [0, 0.1) is 28.6 Å². The van der Waals surface area contributed by atoms with Crippen molar-refractivity contribution in [1.82, 2.24) is 0 Å². The third-order valence-corrected chi connectivity index (χ3v) is 26.1. The van der Waals surface area contributed by atoms with Crippen LogP contribution in [0.25, 0.3) is 72.3 Å². The molecule has 11 aromatic carbocycles. The van der Waals surface area contributed by atoms with Gasteiger partial charge in [-0.2, -0.15) is 0 Å². The number of hydrogen-bond donors (Lipinski definition) is 0. The molecule has 0 saturated heterocycles. The van der Waals surface area contributed by atoms with Crippen LogP contribution in [0.2, 0.25) is 0 Å². The van der Waals surface area contributed by atoms with Crippen molar-refractivity contribution in [3.05, 3.63) is 335 Å². The van der Waals surface area contributed by atoms with E-state index < -0.39 is 0 Å². The number of hydrogen-bond acceptors (Lipinski definition) is 2. The Balaban J connectivity index is 0.983. The minimum Gasteiger partial charge on any atom is -0.310 e. The highest BCUT2D eigenvalue weighted by Gasteiger charge is 2.49. The van der Waals surface area contributed by atoms with Gasteiger partial charge in [0, 0.05) is 56.8 Å². The van der Waals surface area contributed by atoms with Crippen LogP contribution in [-0.4, -0.2) is 6.71 Å². The number of rotatable bonds is 11. The molecular formula is C106H101BN2. The van der Waals surface area contributed by atoms with E-state index in [2.05, 4.69) is 357 Å². The Kier molecular flexibility index (Phi) is 17.3. The lowest BCUT2D eigenvalue weighted by atomic mass is 9.33. The Morgan fingerprint density at radius 2 is 0.807 bits per heavy atom. The monoisotopic (exact) mass is 1410 g/mol. The zero-order valence-corrected chi connectivity index (χ0v) is 65.3. The largest absolute Gasteiger partial charge is 0.310 e. The van der Waals surface area contributed by atoms with Crippen LogP contribution in [0.5, 0.6) is 0 Å². The molecule has 3 heteroatoms. The van der Waals surface area contributed by atoms with Gasteiger partial charge in [-0.05, 0) is 226 Å². The molecule has 2 heterocycles. The predicted molar refractivity (Wildman–Crippen MR) is 466 cm³/mol. The van der Waals surface area contributed by atoms with Gasteiger partial charge in [0.1, 0.15) is 0 Å².